The highest BCUT2D eigenvalue weighted by atomic mass is 35.5. The number of ether oxygens (including phenoxy) is 1. The Morgan fingerprint density at radius 1 is 0.886 bits per heavy atom. The Morgan fingerprint density at radius 3 is 2.30 bits per heavy atom. The van der Waals surface area contributed by atoms with Crippen molar-refractivity contribution in [3.05, 3.63) is 103 Å². The largest absolute Gasteiger partial charge is 0.378 e. The lowest BCUT2D eigenvalue weighted by Crippen LogP contribution is -2.36. The molecular weight excluding hydrogens is 591 g/mol. The maximum absolute atomic E-state index is 11.8. The second-order valence-corrected chi connectivity index (χ2v) is 13.3. The molecule has 1 N–H and O–H groups in total. The van der Waals surface area contributed by atoms with E-state index in [1.165, 1.54) is 28.2 Å². The summed E-state index contributed by atoms with van der Waals surface area (Å²) in [4.78, 5) is 24.7. The molecule has 3 aromatic carbocycles. The minimum absolute atomic E-state index is 0.0544. The molecule has 44 heavy (non-hydrogen) atoms. The van der Waals surface area contributed by atoms with Gasteiger partial charge in [-0.05, 0) is 69.2 Å². The van der Waals surface area contributed by atoms with Crippen molar-refractivity contribution in [1.29, 1.82) is 0 Å². The lowest BCUT2D eigenvalue weighted by Gasteiger charge is -2.30. The number of benzene rings is 3. The first kappa shape index (κ1) is 30.4. The summed E-state index contributed by atoms with van der Waals surface area (Å²) < 4.78 is 5.55. The number of pyridine rings is 2. The molecular formula is C36H38Cl2N4O2. The Balaban J connectivity index is 0.000000205. The van der Waals surface area contributed by atoms with Crippen molar-refractivity contribution in [3.63, 3.8) is 0 Å². The fraction of sp³-hybridized carbons (Fsp3) is 0.333. The highest BCUT2D eigenvalue weighted by molar-refractivity contribution is 6.35. The molecule has 0 radical (unpaired) electrons. The topological polar surface area (TPSA) is 61.5 Å². The molecule has 0 atom stereocenters. The van der Waals surface area contributed by atoms with E-state index >= 15 is 0 Å². The predicted molar refractivity (Wildman–Crippen MR) is 185 cm³/mol. The van der Waals surface area contributed by atoms with Crippen LogP contribution in [-0.2, 0) is 10.2 Å². The number of fused-ring (bicyclic) bond motifs is 3. The average Bonchev–Trinajstić information content (AvgIpc) is 3.28. The van der Waals surface area contributed by atoms with E-state index in [-0.39, 0.29) is 10.8 Å². The molecule has 0 bridgehead atoms. The van der Waals surface area contributed by atoms with Crippen molar-refractivity contribution < 1.29 is 4.74 Å². The molecule has 8 heteroatoms. The number of halogens is 2. The summed E-state index contributed by atoms with van der Waals surface area (Å²) in [5, 5.41) is 3.06. The number of para-hydroxylation sites is 2. The van der Waals surface area contributed by atoms with Crippen LogP contribution in [0.3, 0.4) is 0 Å². The first-order valence-corrected chi connectivity index (χ1v) is 15.8. The number of aryl methyl sites for hydroxylation is 2. The lowest BCUT2D eigenvalue weighted by atomic mass is 9.87. The Kier molecular flexibility index (Phi) is 8.12. The van der Waals surface area contributed by atoms with Crippen LogP contribution in [-0.4, -0.2) is 42.8 Å². The zero-order chi connectivity index (χ0) is 31.3. The number of aromatic amines is 1. The predicted octanol–water partition coefficient (Wildman–Crippen LogP) is 8.57. The summed E-state index contributed by atoms with van der Waals surface area (Å²) in [5.74, 6) is 0. The number of nitrogens with zero attached hydrogens (tertiary/aromatic N) is 3. The number of anilines is 3. The van der Waals surface area contributed by atoms with Crippen LogP contribution in [0.2, 0.25) is 10.0 Å². The van der Waals surface area contributed by atoms with Crippen LogP contribution in [0.25, 0.3) is 21.8 Å². The standard InChI is InChI=1S/C25H28ClN3O.C11H10ClNO/c1-16-17(2)27-23-19(6-5-7-21(23)26)24(16)29-15-25(3,4)20-9-8-18(14-22(20)29)28-10-12-30-13-11-28;1-6-7(2)13-10-8(11(6)14)4-3-5-9(10)12/h5-9,14H,10-13,15H2,1-4H3;3-5H,1-2H3,(H,13,14). The minimum Gasteiger partial charge on any atom is -0.378 e. The second-order valence-electron chi connectivity index (χ2n) is 12.4. The number of nitrogens with one attached hydrogen (secondary N) is 1. The van der Waals surface area contributed by atoms with E-state index in [4.69, 9.17) is 32.9 Å². The molecule has 1 saturated heterocycles. The Bertz CT molecular complexity index is 1960. The van der Waals surface area contributed by atoms with Gasteiger partial charge in [0.15, 0.2) is 5.43 Å². The van der Waals surface area contributed by atoms with E-state index in [1.807, 2.05) is 26.0 Å². The molecule has 228 valence electrons. The Labute approximate surface area is 268 Å². The van der Waals surface area contributed by atoms with Crippen molar-refractivity contribution in [3.8, 4) is 0 Å². The number of hydrogen-bond acceptors (Lipinski definition) is 5. The zero-order valence-corrected chi connectivity index (χ0v) is 27.7. The van der Waals surface area contributed by atoms with Crippen LogP contribution in [0.15, 0.2) is 59.4 Å². The van der Waals surface area contributed by atoms with Gasteiger partial charge in [-0.15, -0.1) is 0 Å². The average molecular weight is 630 g/mol. The van der Waals surface area contributed by atoms with E-state index in [1.54, 1.807) is 18.2 Å². The molecule has 4 heterocycles. The fourth-order valence-electron chi connectivity index (χ4n) is 6.39. The SMILES string of the molecule is Cc1[nH]c2c(Cl)cccc2c(=O)c1C.Cc1nc2c(Cl)cccc2c(N2CC(C)(C)c3ccc(N4CCOCC4)cc32)c1C. The molecule has 2 aliphatic rings. The van der Waals surface area contributed by atoms with Crippen molar-refractivity contribution >= 4 is 62.1 Å². The van der Waals surface area contributed by atoms with Crippen molar-refractivity contribution in [1.82, 2.24) is 9.97 Å². The first-order valence-electron chi connectivity index (χ1n) is 15.1. The van der Waals surface area contributed by atoms with Crippen LogP contribution in [0.5, 0.6) is 0 Å². The van der Waals surface area contributed by atoms with E-state index in [0.29, 0.717) is 15.4 Å². The molecule has 0 aliphatic carbocycles. The smallest absolute Gasteiger partial charge is 0.192 e. The molecule has 1 fully saturated rings. The molecule has 0 saturated carbocycles. The van der Waals surface area contributed by atoms with Crippen molar-refractivity contribution in [2.45, 2.75) is 47.0 Å². The summed E-state index contributed by atoms with van der Waals surface area (Å²) in [5.41, 5.74) is 10.8. The maximum Gasteiger partial charge on any atom is 0.192 e. The second kappa shape index (κ2) is 11.7. The summed E-state index contributed by atoms with van der Waals surface area (Å²) in [7, 11) is 0. The fourth-order valence-corrected chi connectivity index (χ4v) is 6.82. The molecule has 6 nitrogen and oxygen atoms in total. The van der Waals surface area contributed by atoms with E-state index in [0.717, 1.165) is 66.2 Å². The Morgan fingerprint density at radius 2 is 1.57 bits per heavy atom. The van der Waals surface area contributed by atoms with Gasteiger partial charge in [-0.2, -0.15) is 0 Å². The monoisotopic (exact) mass is 628 g/mol. The number of aromatic nitrogens is 2. The van der Waals surface area contributed by atoms with Crippen molar-refractivity contribution in [2.75, 3.05) is 42.6 Å². The van der Waals surface area contributed by atoms with Gasteiger partial charge in [-0.1, -0.05) is 61.3 Å². The van der Waals surface area contributed by atoms with E-state index < -0.39 is 0 Å². The first-order chi connectivity index (χ1) is 21.0. The molecule has 5 aromatic rings. The normalized spacial score (nSPS) is 15.8. The molecule has 2 aliphatic heterocycles. The van der Waals surface area contributed by atoms with Crippen LogP contribution in [0, 0.1) is 27.7 Å². The number of rotatable bonds is 2. The van der Waals surface area contributed by atoms with Crippen molar-refractivity contribution in [2.24, 2.45) is 0 Å². The molecule has 2 aromatic heterocycles. The minimum atomic E-state index is 0.0544. The highest BCUT2D eigenvalue weighted by Crippen LogP contribution is 2.49. The van der Waals surface area contributed by atoms with Crippen LogP contribution in [0.1, 0.15) is 41.9 Å². The van der Waals surface area contributed by atoms with Gasteiger partial charge in [0.05, 0.1) is 40.0 Å². The Hall–Kier alpha value is -3.58. The summed E-state index contributed by atoms with van der Waals surface area (Å²) in [6, 6.07) is 18.4. The molecule has 0 unspecified atom stereocenters. The highest BCUT2D eigenvalue weighted by Gasteiger charge is 2.37. The third-order valence-corrected chi connectivity index (χ3v) is 9.71. The third-order valence-electron chi connectivity index (χ3n) is 9.09. The van der Waals surface area contributed by atoms with Crippen LogP contribution < -0.4 is 15.2 Å². The van der Waals surface area contributed by atoms with E-state index in [2.05, 4.69) is 66.7 Å². The van der Waals surface area contributed by atoms with Gasteiger partial charge in [0.1, 0.15) is 0 Å². The van der Waals surface area contributed by atoms with Gasteiger partial charge in [0.2, 0.25) is 0 Å². The molecule has 0 spiro atoms. The quantitative estimate of drug-likeness (QED) is 0.212. The number of H-pyrrole nitrogens is 1. The van der Waals surface area contributed by atoms with Gasteiger partial charge in [0.25, 0.3) is 0 Å². The lowest BCUT2D eigenvalue weighted by molar-refractivity contribution is 0.122. The summed E-state index contributed by atoms with van der Waals surface area (Å²) in [6.07, 6.45) is 0. The van der Waals surface area contributed by atoms with Crippen LogP contribution in [0.4, 0.5) is 17.1 Å². The van der Waals surface area contributed by atoms with E-state index in [9.17, 15) is 4.79 Å². The number of hydrogen-bond donors (Lipinski definition) is 1. The zero-order valence-electron chi connectivity index (χ0n) is 26.1. The van der Waals surface area contributed by atoms with Gasteiger partial charge >= 0.3 is 0 Å². The molecule has 7 rings (SSSR count). The third kappa shape index (κ3) is 5.33. The van der Waals surface area contributed by atoms with Crippen LogP contribution >= 0.6 is 23.2 Å². The van der Waals surface area contributed by atoms with Gasteiger partial charge in [-0.3, -0.25) is 9.78 Å². The maximum atomic E-state index is 11.8. The van der Waals surface area contributed by atoms with Gasteiger partial charge in [-0.25, -0.2) is 0 Å². The molecule has 0 amide bonds. The van der Waals surface area contributed by atoms with Gasteiger partial charge in [0, 0.05) is 64.1 Å². The van der Waals surface area contributed by atoms with Gasteiger partial charge < -0.3 is 19.5 Å². The summed E-state index contributed by atoms with van der Waals surface area (Å²) in [6.45, 7) is 17.0. The number of morpholine rings is 1. The summed E-state index contributed by atoms with van der Waals surface area (Å²) >= 11 is 12.5.